The van der Waals surface area contributed by atoms with Crippen LogP contribution >= 0.6 is 0 Å². The van der Waals surface area contributed by atoms with E-state index in [1.54, 1.807) is 0 Å². The summed E-state index contributed by atoms with van der Waals surface area (Å²) in [5, 5.41) is 13.8. The zero-order valence-corrected chi connectivity index (χ0v) is 12.0. The Labute approximate surface area is 123 Å². The van der Waals surface area contributed by atoms with Gasteiger partial charge in [-0.3, -0.25) is 4.79 Å². The first-order chi connectivity index (χ1) is 9.88. The fraction of sp³-hybridized carbons (Fsp3) is 0.750. The lowest BCUT2D eigenvalue weighted by Crippen LogP contribution is -2.48. The number of carbonyl (C=O) groups is 3. The Balaban J connectivity index is 4.09. The van der Waals surface area contributed by atoms with Crippen LogP contribution in [0.5, 0.6) is 0 Å². The Hall–Kier alpha value is -1.87. The van der Waals surface area contributed by atoms with Crippen molar-refractivity contribution < 1.29 is 19.5 Å². The van der Waals surface area contributed by atoms with E-state index >= 15 is 0 Å². The van der Waals surface area contributed by atoms with E-state index in [0.29, 0.717) is 45.2 Å². The average Bonchev–Trinajstić information content (AvgIpc) is 2.41. The van der Waals surface area contributed by atoms with E-state index in [2.05, 4.69) is 10.6 Å². The molecule has 0 unspecified atom stereocenters. The maximum atomic E-state index is 11.8. The number of amides is 3. The zero-order chi connectivity index (χ0) is 16.3. The van der Waals surface area contributed by atoms with Crippen LogP contribution in [0.4, 0.5) is 4.79 Å². The molecule has 0 rings (SSSR count). The van der Waals surface area contributed by atoms with E-state index in [1.807, 2.05) is 0 Å². The van der Waals surface area contributed by atoms with Crippen LogP contribution in [0.2, 0.25) is 0 Å². The predicted octanol–water partition coefficient (Wildman–Crippen LogP) is -1.54. The van der Waals surface area contributed by atoms with Crippen LogP contribution in [0.25, 0.3) is 0 Å². The number of carboxylic acids is 1. The van der Waals surface area contributed by atoms with Crippen molar-refractivity contribution in [1.82, 2.24) is 10.6 Å². The van der Waals surface area contributed by atoms with Gasteiger partial charge < -0.3 is 32.9 Å². The Morgan fingerprint density at radius 1 is 1.10 bits per heavy atom. The fourth-order valence-electron chi connectivity index (χ4n) is 1.69. The Morgan fingerprint density at radius 2 is 1.76 bits per heavy atom. The van der Waals surface area contributed by atoms with E-state index < -0.39 is 30.0 Å². The predicted molar refractivity (Wildman–Crippen MR) is 77.3 cm³/mol. The number of aliphatic carboxylic acids is 1. The second-order valence-electron chi connectivity index (χ2n) is 4.72. The van der Waals surface area contributed by atoms with Gasteiger partial charge in [-0.05, 0) is 38.6 Å². The van der Waals surface area contributed by atoms with Crippen molar-refractivity contribution in [3.05, 3.63) is 0 Å². The van der Waals surface area contributed by atoms with Crippen LogP contribution in [0, 0.1) is 0 Å². The molecule has 0 radical (unpaired) electrons. The third-order valence-corrected chi connectivity index (χ3v) is 2.89. The number of hydrogen-bond acceptors (Lipinski definition) is 5. The smallest absolute Gasteiger partial charge is 0.326 e. The molecule has 0 aromatic carbocycles. The molecule has 0 aromatic rings. The van der Waals surface area contributed by atoms with Crippen molar-refractivity contribution in [2.24, 2.45) is 17.2 Å². The first-order valence-electron chi connectivity index (χ1n) is 6.90. The lowest BCUT2D eigenvalue weighted by atomic mass is 10.1. The number of rotatable bonds is 11. The SMILES string of the molecule is NCCCC[C@H](NC(=O)[C@@H](N)CCCNC(N)=O)C(=O)O. The van der Waals surface area contributed by atoms with Gasteiger partial charge >= 0.3 is 12.0 Å². The summed E-state index contributed by atoms with van der Waals surface area (Å²) in [6.07, 6.45) is 2.42. The number of nitrogens with one attached hydrogen (secondary N) is 2. The second kappa shape index (κ2) is 10.9. The summed E-state index contributed by atoms with van der Waals surface area (Å²) in [4.78, 5) is 33.3. The van der Waals surface area contributed by atoms with Crippen molar-refractivity contribution in [2.45, 2.75) is 44.2 Å². The van der Waals surface area contributed by atoms with E-state index in [1.165, 1.54) is 0 Å². The molecule has 0 fully saturated rings. The van der Waals surface area contributed by atoms with E-state index in [0.717, 1.165) is 0 Å². The molecule has 21 heavy (non-hydrogen) atoms. The van der Waals surface area contributed by atoms with Gasteiger partial charge in [-0.25, -0.2) is 9.59 Å². The molecule has 0 saturated heterocycles. The van der Waals surface area contributed by atoms with Gasteiger partial charge in [0.1, 0.15) is 6.04 Å². The van der Waals surface area contributed by atoms with Crippen LogP contribution in [0.1, 0.15) is 32.1 Å². The Kier molecular flexibility index (Phi) is 9.90. The number of urea groups is 1. The first kappa shape index (κ1) is 19.1. The first-order valence-corrected chi connectivity index (χ1v) is 6.90. The van der Waals surface area contributed by atoms with Gasteiger partial charge in [0.25, 0.3) is 0 Å². The third kappa shape index (κ3) is 9.63. The minimum Gasteiger partial charge on any atom is -0.480 e. The molecule has 9 heteroatoms. The van der Waals surface area contributed by atoms with E-state index in [-0.39, 0.29) is 0 Å². The van der Waals surface area contributed by atoms with Crippen LogP contribution in [0.3, 0.4) is 0 Å². The molecule has 122 valence electrons. The fourth-order valence-corrected chi connectivity index (χ4v) is 1.69. The molecule has 0 heterocycles. The molecule has 9 nitrogen and oxygen atoms in total. The highest BCUT2D eigenvalue weighted by Crippen LogP contribution is 2.02. The largest absolute Gasteiger partial charge is 0.480 e. The molecule has 0 aliphatic carbocycles. The summed E-state index contributed by atoms with van der Waals surface area (Å²) >= 11 is 0. The monoisotopic (exact) mass is 303 g/mol. The van der Waals surface area contributed by atoms with Crippen LogP contribution in [-0.2, 0) is 9.59 Å². The van der Waals surface area contributed by atoms with Gasteiger partial charge in [-0.2, -0.15) is 0 Å². The van der Waals surface area contributed by atoms with E-state index in [9.17, 15) is 14.4 Å². The van der Waals surface area contributed by atoms with Gasteiger partial charge in [-0.15, -0.1) is 0 Å². The number of primary amides is 1. The number of unbranched alkanes of at least 4 members (excludes halogenated alkanes) is 1. The van der Waals surface area contributed by atoms with Crippen molar-refractivity contribution in [2.75, 3.05) is 13.1 Å². The quantitative estimate of drug-likeness (QED) is 0.252. The highest BCUT2D eigenvalue weighted by atomic mass is 16.4. The topological polar surface area (TPSA) is 174 Å². The molecule has 0 bridgehead atoms. The maximum absolute atomic E-state index is 11.8. The average molecular weight is 303 g/mol. The lowest BCUT2D eigenvalue weighted by Gasteiger charge is -2.17. The molecular formula is C12H25N5O4. The number of carbonyl (C=O) groups excluding carboxylic acids is 2. The van der Waals surface area contributed by atoms with Crippen LogP contribution < -0.4 is 27.8 Å². The van der Waals surface area contributed by atoms with Crippen molar-refractivity contribution in [3.8, 4) is 0 Å². The normalized spacial score (nSPS) is 13.2. The van der Waals surface area contributed by atoms with Crippen LogP contribution in [-0.4, -0.2) is 48.2 Å². The van der Waals surface area contributed by atoms with Gasteiger partial charge in [0, 0.05) is 6.54 Å². The summed E-state index contributed by atoms with van der Waals surface area (Å²) in [6.45, 7) is 0.793. The molecule has 0 aromatic heterocycles. The van der Waals surface area contributed by atoms with Crippen molar-refractivity contribution in [3.63, 3.8) is 0 Å². The molecular weight excluding hydrogens is 278 g/mol. The van der Waals surface area contributed by atoms with Gasteiger partial charge in [0.05, 0.1) is 6.04 Å². The summed E-state index contributed by atoms with van der Waals surface area (Å²) in [5.74, 6) is -1.61. The Bertz CT molecular complexity index is 351. The highest BCUT2D eigenvalue weighted by molar-refractivity contribution is 5.86. The lowest BCUT2D eigenvalue weighted by molar-refractivity contribution is -0.142. The third-order valence-electron chi connectivity index (χ3n) is 2.89. The number of nitrogens with two attached hydrogens (primary N) is 3. The maximum Gasteiger partial charge on any atom is 0.326 e. The summed E-state index contributed by atoms with van der Waals surface area (Å²) in [6, 6.07) is -2.42. The number of hydrogen-bond donors (Lipinski definition) is 6. The minimum atomic E-state index is -1.09. The standard InChI is InChI=1S/C12H25N5O4/c13-6-2-1-5-9(11(19)20)17-10(18)8(14)4-3-7-16-12(15)21/h8-9H,1-7,13-14H2,(H,17,18)(H,19,20)(H3,15,16,21)/t8-,9-/m0/s1. The molecule has 0 aliphatic heterocycles. The molecule has 3 amide bonds. The van der Waals surface area contributed by atoms with Crippen molar-refractivity contribution in [1.29, 1.82) is 0 Å². The summed E-state index contributed by atoms with van der Waals surface area (Å²) in [5.41, 5.74) is 15.9. The summed E-state index contributed by atoms with van der Waals surface area (Å²) < 4.78 is 0. The van der Waals surface area contributed by atoms with Gasteiger partial charge in [0.15, 0.2) is 0 Å². The molecule has 0 saturated carbocycles. The molecule has 2 atom stereocenters. The molecule has 9 N–H and O–H groups in total. The zero-order valence-electron chi connectivity index (χ0n) is 12.0. The highest BCUT2D eigenvalue weighted by Gasteiger charge is 2.22. The number of carboxylic acid groups (broad SMARTS) is 1. The molecule has 0 aliphatic rings. The van der Waals surface area contributed by atoms with Gasteiger partial charge in [0.2, 0.25) is 5.91 Å². The van der Waals surface area contributed by atoms with Crippen molar-refractivity contribution >= 4 is 17.9 Å². The minimum absolute atomic E-state index is 0.314. The van der Waals surface area contributed by atoms with E-state index in [4.69, 9.17) is 22.3 Å². The Morgan fingerprint density at radius 3 is 2.29 bits per heavy atom. The van der Waals surface area contributed by atoms with Gasteiger partial charge in [-0.1, -0.05) is 0 Å². The molecule has 0 spiro atoms. The van der Waals surface area contributed by atoms with Crippen LogP contribution in [0.15, 0.2) is 0 Å². The summed E-state index contributed by atoms with van der Waals surface area (Å²) in [7, 11) is 0. The second-order valence-corrected chi connectivity index (χ2v) is 4.72.